The standard InChI is InChI=1S/C48H42N4O10/c1-51(2)27-7-13-33-39(19-27)61-40-20-28(52(3)4)8-14-34(40)45(33)32-12-6-26(18-38(32)48(59)60)46(56)50-24-43(55)49-23-25-5-11-31(37(17-25)47(57)58)44-35-15-9-29(53)21-41(35)62-42-22-30(54)10-16-36(42)44/h5-7,9-13,15-19,21-22,40H,8,14,20,23-24H2,1-4H3,(H4-,49,50,53,54,55,56,57,58,59,60)/p+1. The summed E-state index contributed by atoms with van der Waals surface area (Å²) in [7, 11) is 7.88. The molecule has 2 amide bonds. The van der Waals surface area contributed by atoms with Crippen LogP contribution in [-0.4, -0.2) is 90.2 Å². The summed E-state index contributed by atoms with van der Waals surface area (Å²) in [4.78, 5) is 66.0. The Morgan fingerprint density at radius 1 is 0.790 bits per heavy atom. The zero-order valence-electron chi connectivity index (χ0n) is 34.4. The van der Waals surface area contributed by atoms with E-state index in [2.05, 4.69) is 15.2 Å². The van der Waals surface area contributed by atoms with Gasteiger partial charge < -0.3 is 40.0 Å². The maximum atomic E-state index is 13.4. The number of phenolic OH excluding ortho intramolecular Hbond substituents is 1. The smallest absolute Gasteiger partial charge is 0.336 e. The van der Waals surface area contributed by atoms with Gasteiger partial charge in [0.05, 0.1) is 24.1 Å². The van der Waals surface area contributed by atoms with Crippen LogP contribution in [0.1, 0.15) is 67.0 Å². The van der Waals surface area contributed by atoms with Crippen molar-refractivity contribution in [2.45, 2.75) is 31.9 Å². The van der Waals surface area contributed by atoms with Gasteiger partial charge in [-0.3, -0.25) is 14.4 Å². The third-order valence-corrected chi connectivity index (χ3v) is 11.4. The predicted octanol–water partition coefficient (Wildman–Crippen LogP) is 6.24. The molecule has 5 N–H and O–H groups in total. The number of nitrogens with one attached hydrogen (secondary N) is 2. The van der Waals surface area contributed by atoms with Crippen molar-refractivity contribution < 1.29 is 48.2 Å². The van der Waals surface area contributed by atoms with Gasteiger partial charge >= 0.3 is 11.9 Å². The van der Waals surface area contributed by atoms with Gasteiger partial charge in [-0.15, -0.1) is 0 Å². The van der Waals surface area contributed by atoms with E-state index in [0.29, 0.717) is 51.8 Å². The molecule has 0 spiro atoms. The van der Waals surface area contributed by atoms with E-state index in [9.17, 15) is 39.3 Å². The lowest BCUT2D eigenvalue weighted by Crippen LogP contribution is -2.36. The summed E-state index contributed by atoms with van der Waals surface area (Å²) < 4.78 is 14.6. The first-order chi connectivity index (χ1) is 29.7. The molecule has 1 atom stereocenters. The van der Waals surface area contributed by atoms with Gasteiger partial charge in [0.1, 0.15) is 43.0 Å². The molecule has 4 aromatic rings. The van der Waals surface area contributed by atoms with Gasteiger partial charge in [-0.2, -0.15) is 0 Å². The zero-order valence-corrected chi connectivity index (χ0v) is 34.4. The van der Waals surface area contributed by atoms with Gasteiger partial charge in [0.2, 0.25) is 5.91 Å². The summed E-state index contributed by atoms with van der Waals surface area (Å²) in [5.74, 6) is -2.87. The van der Waals surface area contributed by atoms with Gasteiger partial charge in [-0.1, -0.05) is 18.2 Å². The fraction of sp³-hybridized carbons (Fsp3) is 0.208. The number of hydrogen-bond acceptors (Lipinski definition) is 9. The number of nitrogens with zero attached hydrogens (tertiary/aromatic N) is 2. The lowest BCUT2D eigenvalue weighted by atomic mass is 9.79. The molecule has 4 aliphatic rings. The topological polar surface area (TPSA) is 199 Å². The molecule has 1 unspecified atom stereocenters. The van der Waals surface area contributed by atoms with Crippen molar-refractivity contribution in [2.24, 2.45) is 0 Å². The van der Waals surface area contributed by atoms with Crippen LogP contribution in [0.15, 0.2) is 106 Å². The number of hydrogen-bond donors (Lipinski definition) is 5. The molecule has 2 heterocycles. The van der Waals surface area contributed by atoms with Crippen molar-refractivity contribution in [3.8, 4) is 33.9 Å². The van der Waals surface area contributed by atoms with Crippen LogP contribution in [-0.2, 0) is 11.3 Å². The monoisotopic (exact) mass is 835 g/mol. The average molecular weight is 836 g/mol. The number of fused-ring (bicyclic) bond motifs is 4. The number of benzene rings is 5. The van der Waals surface area contributed by atoms with Crippen LogP contribution in [0.5, 0.6) is 11.5 Å². The lowest BCUT2D eigenvalue weighted by Gasteiger charge is -2.35. The average Bonchev–Trinajstić information content (AvgIpc) is 3.24. The third-order valence-electron chi connectivity index (χ3n) is 11.4. The molecule has 62 heavy (non-hydrogen) atoms. The highest BCUT2D eigenvalue weighted by molar-refractivity contribution is 6.08. The molecule has 0 aromatic heterocycles. The fourth-order valence-corrected chi connectivity index (χ4v) is 8.27. The Balaban J connectivity index is 1.01. The van der Waals surface area contributed by atoms with Crippen molar-refractivity contribution in [1.29, 1.82) is 0 Å². The molecule has 14 nitrogen and oxygen atoms in total. The Labute approximate surface area is 355 Å². The molecule has 0 saturated heterocycles. The molecule has 2 aliphatic carbocycles. The van der Waals surface area contributed by atoms with Crippen LogP contribution in [0, 0.1) is 0 Å². The third kappa shape index (κ3) is 7.85. The van der Waals surface area contributed by atoms with Crippen molar-refractivity contribution in [2.75, 3.05) is 39.6 Å². The molecule has 8 rings (SSSR count). The van der Waals surface area contributed by atoms with Gasteiger partial charge in [0.25, 0.3) is 5.91 Å². The minimum atomic E-state index is -1.24. The molecule has 14 heteroatoms. The maximum Gasteiger partial charge on any atom is 0.336 e. The Kier molecular flexibility index (Phi) is 10.8. The van der Waals surface area contributed by atoms with Crippen LogP contribution in [0.2, 0.25) is 0 Å². The number of carboxylic acids is 2. The first kappa shape index (κ1) is 41.0. The molecule has 4 aromatic carbocycles. The number of ether oxygens (including phenoxy) is 1. The number of rotatable bonds is 10. The van der Waals surface area contributed by atoms with Gasteiger partial charge in [0.15, 0.2) is 11.1 Å². The zero-order chi connectivity index (χ0) is 44.0. The van der Waals surface area contributed by atoms with Gasteiger partial charge in [-0.05, 0) is 88.9 Å². The van der Waals surface area contributed by atoms with E-state index in [1.807, 2.05) is 51.3 Å². The minimum absolute atomic E-state index is 0.0559. The van der Waals surface area contributed by atoms with E-state index in [1.165, 1.54) is 42.1 Å². The Hall–Kier alpha value is -7.74. The van der Waals surface area contributed by atoms with E-state index in [4.69, 9.17) is 9.15 Å². The summed E-state index contributed by atoms with van der Waals surface area (Å²) in [5, 5.41) is 36.7. The van der Waals surface area contributed by atoms with E-state index in [1.54, 1.807) is 36.4 Å². The van der Waals surface area contributed by atoms with Crippen molar-refractivity contribution in [1.82, 2.24) is 10.6 Å². The van der Waals surface area contributed by atoms with Gasteiger partial charge in [-0.25, -0.2) is 14.2 Å². The number of anilines is 1. The van der Waals surface area contributed by atoms with E-state index in [-0.39, 0.29) is 51.9 Å². The summed E-state index contributed by atoms with van der Waals surface area (Å²) in [6.07, 6.45) is 1.84. The molecule has 1 fully saturated rings. The normalized spacial score (nSPS) is 14.5. The summed E-state index contributed by atoms with van der Waals surface area (Å²) in [6.45, 7) is -0.507. The quantitative estimate of drug-likeness (QED) is 0.0774. The number of aromatic carboxylic acids is 2. The largest absolute Gasteiger partial charge is 0.508 e. The number of aromatic hydroxyl groups is 1. The Bertz CT molecular complexity index is 2960. The molecule has 314 valence electrons. The second-order valence-electron chi connectivity index (χ2n) is 15.8. The van der Waals surface area contributed by atoms with E-state index < -0.39 is 30.3 Å². The molecular formula is C48H43N4O10+. The highest BCUT2D eigenvalue weighted by atomic mass is 16.5. The van der Waals surface area contributed by atoms with Crippen molar-refractivity contribution >= 4 is 51.7 Å². The summed E-state index contributed by atoms with van der Waals surface area (Å²) in [6, 6.07) is 23.7. The number of phenols is 1. The number of carbonyl (C=O) groups is 4. The summed E-state index contributed by atoms with van der Waals surface area (Å²) >= 11 is 0. The first-order valence-electron chi connectivity index (χ1n) is 19.9. The summed E-state index contributed by atoms with van der Waals surface area (Å²) in [5.41, 5.74) is 6.81. The molecule has 1 saturated carbocycles. The molecule has 0 radical (unpaired) electrons. The molecule has 2 aliphatic heterocycles. The van der Waals surface area contributed by atoms with Crippen LogP contribution >= 0.6 is 0 Å². The second kappa shape index (κ2) is 16.4. The van der Waals surface area contributed by atoms with E-state index in [0.717, 1.165) is 28.8 Å². The Morgan fingerprint density at radius 3 is 2.26 bits per heavy atom. The predicted molar refractivity (Wildman–Crippen MR) is 233 cm³/mol. The van der Waals surface area contributed by atoms with Gasteiger partial charge in [0, 0.05) is 78.6 Å². The molecular weight excluding hydrogens is 793 g/mol. The number of amides is 2. The fourth-order valence-electron chi connectivity index (χ4n) is 8.27. The van der Waals surface area contributed by atoms with Crippen LogP contribution < -0.4 is 25.7 Å². The minimum Gasteiger partial charge on any atom is -0.508 e. The maximum absolute atomic E-state index is 13.4. The lowest BCUT2D eigenvalue weighted by molar-refractivity contribution is -0.467. The first-order valence-corrected chi connectivity index (χ1v) is 19.9. The van der Waals surface area contributed by atoms with Crippen LogP contribution in [0.3, 0.4) is 0 Å². The van der Waals surface area contributed by atoms with Crippen molar-refractivity contribution in [3.05, 3.63) is 140 Å². The highest BCUT2D eigenvalue weighted by Crippen LogP contribution is 2.46. The number of carbonyl (C=O) groups excluding carboxylic acids is 2. The SMILES string of the molecule is CN(C)c1ccc2c(c1)OC1CC(=[N+](C)C)CCC1=C2c1ccc(C(=O)NCC(=O)NCc2ccc(-c3c4ccc(=O)cc-4oc4cc(O)ccc34)c(C(=O)O)c2)cc1C(=O)O. The Morgan fingerprint density at radius 2 is 1.52 bits per heavy atom. The second-order valence-corrected chi connectivity index (χ2v) is 15.8. The van der Waals surface area contributed by atoms with Crippen LogP contribution in [0.25, 0.3) is 39.0 Å². The van der Waals surface area contributed by atoms with Crippen molar-refractivity contribution in [3.63, 3.8) is 0 Å². The number of carboxylic acid groups (broad SMARTS) is 2. The van der Waals surface area contributed by atoms with E-state index >= 15 is 0 Å². The van der Waals surface area contributed by atoms with Crippen LogP contribution in [0.4, 0.5) is 5.69 Å². The molecule has 0 bridgehead atoms. The highest BCUT2D eigenvalue weighted by Gasteiger charge is 2.37.